The molecule has 1 aromatic carbocycles. The first-order chi connectivity index (χ1) is 8.32. The number of carbonyl (C=O) groups is 1. The fourth-order valence-electron chi connectivity index (χ4n) is 1.61. The summed E-state index contributed by atoms with van der Waals surface area (Å²) in [6, 6.07) is 1.61. The minimum atomic E-state index is -1.53. The van der Waals surface area contributed by atoms with Gasteiger partial charge in [-0.2, -0.15) is 0 Å². The predicted octanol–water partition coefficient (Wildman–Crippen LogP) is 2.40. The van der Waals surface area contributed by atoms with Crippen molar-refractivity contribution in [3.63, 3.8) is 0 Å². The van der Waals surface area contributed by atoms with Crippen molar-refractivity contribution in [2.24, 2.45) is 0 Å². The molecule has 18 heavy (non-hydrogen) atoms. The second kappa shape index (κ2) is 3.94. The van der Waals surface area contributed by atoms with Crippen LogP contribution in [0.5, 0.6) is 0 Å². The van der Waals surface area contributed by atoms with E-state index in [4.69, 9.17) is 5.11 Å². The van der Waals surface area contributed by atoms with E-state index in [9.17, 15) is 19.3 Å². The standard InChI is InChI=1S/C11H11FN2O4/c1-11(2-3-11)13-8-5-7(12)6(10(15)16)4-9(8)14(17)18/h4-5,13H,2-3H2,1H3,(H,15,16). The van der Waals surface area contributed by atoms with Crippen molar-refractivity contribution < 1.29 is 19.2 Å². The first-order valence-electron chi connectivity index (χ1n) is 5.32. The number of benzene rings is 1. The van der Waals surface area contributed by atoms with E-state index in [2.05, 4.69) is 5.32 Å². The van der Waals surface area contributed by atoms with Crippen molar-refractivity contribution in [2.75, 3.05) is 5.32 Å². The molecule has 96 valence electrons. The smallest absolute Gasteiger partial charge is 0.338 e. The van der Waals surface area contributed by atoms with Crippen LogP contribution in [0, 0.1) is 15.9 Å². The highest BCUT2D eigenvalue weighted by Gasteiger charge is 2.39. The molecule has 0 unspecified atom stereocenters. The summed E-state index contributed by atoms with van der Waals surface area (Å²) >= 11 is 0. The second-order valence-electron chi connectivity index (χ2n) is 4.60. The monoisotopic (exact) mass is 254 g/mol. The van der Waals surface area contributed by atoms with Gasteiger partial charge in [0.05, 0.1) is 4.92 Å². The SMILES string of the molecule is CC1(Nc2cc(F)c(C(=O)O)cc2[N+](=O)[O-])CC1. The number of nitrogens with one attached hydrogen (secondary N) is 1. The molecule has 0 aliphatic heterocycles. The molecule has 0 saturated heterocycles. The van der Waals surface area contributed by atoms with Gasteiger partial charge in [0.2, 0.25) is 0 Å². The molecule has 0 bridgehead atoms. The third-order valence-corrected chi connectivity index (χ3v) is 2.95. The van der Waals surface area contributed by atoms with Gasteiger partial charge in [-0.05, 0) is 19.8 Å². The summed E-state index contributed by atoms with van der Waals surface area (Å²) in [6.45, 7) is 1.86. The lowest BCUT2D eigenvalue weighted by Crippen LogP contribution is -2.17. The lowest BCUT2D eigenvalue weighted by Gasteiger charge is -2.13. The molecule has 2 N–H and O–H groups in total. The Morgan fingerprint density at radius 3 is 2.61 bits per heavy atom. The van der Waals surface area contributed by atoms with Crippen LogP contribution < -0.4 is 5.32 Å². The first-order valence-corrected chi connectivity index (χ1v) is 5.32. The summed E-state index contributed by atoms with van der Waals surface area (Å²) in [5.74, 6) is -2.51. The Balaban J connectivity index is 2.47. The van der Waals surface area contributed by atoms with E-state index in [0.29, 0.717) is 0 Å². The Kier molecular flexibility index (Phi) is 2.68. The van der Waals surface area contributed by atoms with Crippen molar-refractivity contribution in [2.45, 2.75) is 25.3 Å². The van der Waals surface area contributed by atoms with Gasteiger partial charge in [-0.15, -0.1) is 0 Å². The third-order valence-electron chi connectivity index (χ3n) is 2.95. The Hall–Kier alpha value is -2.18. The zero-order valence-corrected chi connectivity index (χ0v) is 9.57. The zero-order chi connectivity index (χ0) is 13.5. The van der Waals surface area contributed by atoms with E-state index < -0.39 is 28.0 Å². The molecule has 0 aromatic heterocycles. The van der Waals surface area contributed by atoms with Gasteiger partial charge in [-0.3, -0.25) is 10.1 Å². The summed E-state index contributed by atoms with van der Waals surface area (Å²) in [7, 11) is 0. The Morgan fingerprint density at radius 1 is 1.56 bits per heavy atom. The summed E-state index contributed by atoms with van der Waals surface area (Å²) in [4.78, 5) is 20.9. The third kappa shape index (κ3) is 2.24. The maximum atomic E-state index is 13.5. The Bertz CT molecular complexity index is 540. The molecule has 0 amide bonds. The van der Waals surface area contributed by atoms with Crippen molar-refractivity contribution >= 4 is 17.3 Å². The van der Waals surface area contributed by atoms with Gasteiger partial charge >= 0.3 is 5.97 Å². The van der Waals surface area contributed by atoms with Gasteiger partial charge in [-0.1, -0.05) is 0 Å². The lowest BCUT2D eigenvalue weighted by molar-refractivity contribution is -0.384. The fourth-order valence-corrected chi connectivity index (χ4v) is 1.61. The normalized spacial score (nSPS) is 16.1. The zero-order valence-electron chi connectivity index (χ0n) is 9.57. The van der Waals surface area contributed by atoms with Gasteiger partial charge < -0.3 is 10.4 Å². The number of rotatable bonds is 4. The minimum Gasteiger partial charge on any atom is -0.478 e. The molecule has 7 heteroatoms. The fraction of sp³-hybridized carbons (Fsp3) is 0.364. The van der Waals surface area contributed by atoms with Crippen molar-refractivity contribution in [3.8, 4) is 0 Å². The molecular weight excluding hydrogens is 243 g/mol. The number of nitrogens with zero attached hydrogens (tertiary/aromatic N) is 1. The van der Waals surface area contributed by atoms with Crippen LogP contribution in [-0.4, -0.2) is 21.5 Å². The molecule has 1 aromatic rings. The van der Waals surface area contributed by atoms with E-state index in [1.165, 1.54) is 0 Å². The van der Waals surface area contributed by atoms with Crippen LogP contribution in [0.25, 0.3) is 0 Å². The second-order valence-corrected chi connectivity index (χ2v) is 4.60. The molecular formula is C11H11FN2O4. The molecule has 2 rings (SSSR count). The highest BCUT2D eigenvalue weighted by molar-refractivity contribution is 5.90. The van der Waals surface area contributed by atoms with Crippen LogP contribution >= 0.6 is 0 Å². The van der Waals surface area contributed by atoms with Crippen molar-refractivity contribution in [3.05, 3.63) is 33.6 Å². The molecule has 0 radical (unpaired) electrons. The van der Waals surface area contributed by atoms with E-state index in [0.717, 1.165) is 25.0 Å². The minimum absolute atomic E-state index is 0.0162. The maximum Gasteiger partial charge on any atom is 0.338 e. The summed E-state index contributed by atoms with van der Waals surface area (Å²) in [6.07, 6.45) is 1.68. The molecule has 6 nitrogen and oxygen atoms in total. The van der Waals surface area contributed by atoms with Crippen molar-refractivity contribution in [1.82, 2.24) is 0 Å². The molecule has 1 fully saturated rings. The van der Waals surface area contributed by atoms with Crippen LogP contribution in [0.1, 0.15) is 30.1 Å². The quantitative estimate of drug-likeness (QED) is 0.635. The van der Waals surface area contributed by atoms with Gasteiger partial charge in [-0.25, -0.2) is 9.18 Å². The number of carboxylic acids is 1. The molecule has 0 atom stereocenters. The van der Waals surface area contributed by atoms with E-state index in [1.54, 1.807) is 0 Å². The number of nitro benzene ring substituents is 1. The highest BCUT2D eigenvalue weighted by atomic mass is 19.1. The Morgan fingerprint density at radius 2 is 2.17 bits per heavy atom. The number of aromatic carboxylic acids is 1. The molecule has 0 spiro atoms. The number of hydrogen-bond donors (Lipinski definition) is 2. The van der Waals surface area contributed by atoms with Crippen LogP contribution in [0.2, 0.25) is 0 Å². The van der Waals surface area contributed by atoms with Crippen molar-refractivity contribution in [1.29, 1.82) is 0 Å². The summed E-state index contributed by atoms with van der Waals surface area (Å²) < 4.78 is 13.5. The molecule has 1 saturated carbocycles. The summed E-state index contributed by atoms with van der Waals surface area (Å²) in [5, 5.41) is 22.5. The van der Waals surface area contributed by atoms with Gasteiger partial charge in [0.1, 0.15) is 17.1 Å². The molecule has 0 heterocycles. The van der Waals surface area contributed by atoms with Crippen LogP contribution in [0.3, 0.4) is 0 Å². The Labute approximate surface area is 102 Å². The number of hydrogen-bond acceptors (Lipinski definition) is 4. The predicted molar refractivity (Wildman–Crippen MR) is 61.3 cm³/mol. The lowest BCUT2D eigenvalue weighted by atomic mass is 10.1. The maximum absolute atomic E-state index is 13.5. The largest absolute Gasteiger partial charge is 0.478 e. The number of anilines is 1. The van der Waals surface area contributed by atoms with Gasteiger partial charge in [0, 0.05) is 17.7 Å². The van der Waals surface area contributed by atoms with E-state index >= 15 is 0 Å². The number of nitro groups is 1. The number of halogens is 1. The average molecular weight is 254 g/mol. The van der Waals surface area contributed by atoms with Gasteiger partial charge in [0.25, 0.3) is 5.69 Å². The average Bonchev–Trinajstić information content (AvgIpc) is 2.94. The van der Waals surface area contributed by atoms with Crippen LogP contribution in [0.15, 0.2) is 12.1 Å². The van der Waals surface area contributed by atoms with Gasteiger partial charge in [0.15, 0.2) is 0 Å². The van der Waals surface area contributed by atoms with Crippen LogP contribution in [-0.2, 0) is 0 Å². The van der Waals surface area contributed by atoms with E-state index in [1.807, 2.05) is 6.92 Å². The van der Waals surface area contributed by atoms with Crippen LogP contribution in [0.4, 0.5) is 15.8 Å². The molecule has 1 aliphatic carbocycles. The topological polar surface area (TPSA) is 92.5 Å². The first kappa shape index (κ1) is 12.3. The molecule has 1 aliphatic rings. The number of carboxylic acid groups (broad SMARTS) is 1. The van der Waals surface area contributed by atoms with E-state index in [-0.39, 0.29) is 11.2 Å². The summed E-state index contributed by atoms with van der Waals surface area (Å²) in [5.41, 5.74) is -1.38. The highest BCUT2D eigenvalue weighted by Crippen LogP contribution is 2.41.